The summed E-state index contributed by atoms with van der Waals surface area (Å²) in [5.74, 6) is -0.645. The van der Waals surface area contributed by atoms with Crippen LogP contribution in [0.5, 0.6) is 0 Å². The van der Waals surface area contributed by atoms with Gasteiger partial charge in [0.2, 0.25) is 0 Å². The molecule has 0 fully saturated rings. The van der Waals surface area contributed by atoms with E-state index in [0.29, 0.717) is 17.7 Å². The van der Waals surface area contributed by atoms with Gasteiger partial charge in [-0.2, -0.15) is 0 Å². The van der Waals surface area contributed by atoms with Crippen LogP contribution in [0.2, 0.25) is 0 Å². The predicted molar refractivity (Wildman–Crippen MR) is 86.0 cm³/mol. The van der Waals surface area contributed by atoms with E-state index < -0.39 is 0 Å². The van der Waals surface area contributed by atoms with Crippen LogP contribution >= 0.6 is 0 Å². The maximum Gasteiger partial charge on any atom is 0.259 e. The van der Waals surface area contributed by atoms with Crippen molar-refractivity contribution in [3.8, 4) is 0 Å². The van der Waals surface area contributed by atoms with Gasteiger partial charge in [-0.15, -0.1) is 0 Å². The fourth-order valence-electron chi connectivity index (χ4n) is 2.57. The molecule has 1 heterocycles. The Labute approximate surface area is 129 Å². The Morgan fingerprint density at radius 2 is 1.55 bits per heavy atom. The second-order valence-corrected chi connectivity index (χ2v) is 5.15. The van der Waals surface area contributed by atoms with E-state index in [0.717, 1.165) is 11.1 Å². The number of ketones is 1. The number of rotatable bonds is 3. The Hall–Kier alpha value is -2.94. The molecule has 1 aliphatic heterocycles. The Morgan fingerprint density at radius 1 is 0.955 bits per heavy atom. The molecular weight excluding hydrogens is 274 g/mol. The lowest BCUT2D eigenvalue weighted by Gasteiger charge is -2.22. The number of hydrogen-bond donors (Lipinski definition) is 1. The van der Waals surface area contributed by atoms with Gasteiger partial charge in [-0.05, 0) is 11.1 Å². The minimum absolute atomic E-state index is 0.199. The van der Waals surface area contributed by atoms with Crippen LogP contribution in [0.4, 0.5) is 0 Å². The number of benzene rings is 2. The van der Waals surface area contributed by atoms with Crippen LogP contribution < -0.4 is 5.32 Å². The average molecular weight is 289 g/mol. The van der Waals surface area contributed by atoms with Gasteiger partial charge in [0.25, 0.3) is 5.91 Å². The first-order valence-corrected chi connectivity index (χ1v) is 7.04. The van der Waals surface area contributed by atoms with Gasteiger partial charge in [-0.3, -0.25) is 9.59 Å². The molecule has 1 amide bonds. The summed E-state index contributed by atoms with van der Waals surface area (Å²) in [5, 5.41) is 2.67. The van der Waals surface area contributed by atoms with Gasteiger partial charge < -0.3 is 5.32 Å². The molecule has 0 spiro atoms. The van der Waals surface area contributed by atoms with Crippen LogP contribution in [0.25, 0.3) is 5.57 Å². The van der Waals surface area contributed by atoms with Gasteiger partial charge in [0.05, 0.1) is 5.57 Å². The second-order valence-electron chi connectivity index (χ2n) is 5.15. The second kappa shape index (κ2) is 5.82. The third kappa shape index (κ3) is 2.61. The van der Waals surface area contributed by atoms with Crippen molar-refractivity contribution in [1.82, 2.24) is 5.32 Å². The van der Waals surface area contributed by atoms with Crippen LogP contribution in [0.1, 0.15) is 22.3 Å². The van der Waals surface area contributed by atoms with Crippen molar-refractivity contribution in [2.24, 2.45) is 0 Å². The third-order valence-corrected chi connectivity index (χ3v) is 3.59. The molecule has 2 aromatic carbocycles. The predicted octanol–water partition coefficient (Wildman–Crippen LogP) is 3.36. The van der Waals surface area contributed by atoms with Crippen molar-refractivity contribution in [1.29, 1.82) is 0 Å². The quantitative estimate of drug-likeness (QED) is 0.695. The summed E-state index contributed by atoms with van der Waals surface area (Å²) in [7, 11) is 0. The van der Waals surface area contributed by atoms with E-state index in [4.69, 9.17) is 0 Å². The molecule has 3 rings (SSSR count). The Morgan fingerprint density at radius 3 is 2.18 bits per heavy atom. The van der Waals surface area contributed by atoms with Crippen LogP contribution in [0.3, 0.4) is 0 Å². The summed E-state index contributed by atoms with van der Waals surface area (Å²) in [6.45, 7) is 3.83. The number of hydrogen-bond acceptors (Lipinski definition) is 2. The molecule has 2 aromatic rings. The number of carbonyl (C=O) groups is 2. The van der Waals surface area contributed by atoms with Crippen LogP contribution in [0, 0.1) is 0 Å². The lowest BCUT2D eigenvalue weighted by Crippen LogP contribution is -2.32. The SMILES string of the molecule is C=C1CC(c2ccccc2)=C(C(=O)c2ccccc2)C(=O)N1. The minimum Gasteiger partial charge on any atom is -0.326 e. The molecule has 22 heavy (non-hydrogen) atoms. The number of Topliss-reactive ketones (excluding diaryl/α,β-unsaturated/α-hetero) is 1. The number of amides is 1. The molecule has 1 N–H and O–H groups in total. The van der Waals surface area contributed by atoms with Gasteiger partial charge >= 0.3 is 0 Å². The smallest absolute Gasteiger partial charge is 0.259 e. The zero-order chi connectivity index (χ0) is 15.5. The van der Waals surface area contributed by atoms with Crippen molar-refractivity contribution in [3.63, 3.8) is 0 Å². The topological polar surface area (TPSA) is 46.2 Å². The summed E-state index contributed by atoms with van der Waals surface area (Å²) in [6, 6.07) is 18.3. The van der Waals surface area contributed by atoms with Gasteiger partial charge in [-0.1, -0.05) is 67.2 Å². The highest BCUT2D eigenvalue weighted by Gasteiger charge is 2.29. The molecule has 0 saturated heterocycles. The number of carbonyl (C=O) groups excluding carboxylic acids is 2. The van der Waals surface area contributed by atoms with E-state index in [2.05, 4.69) is 11.9 Å². The van der Waals surface area contributed by atoms with Crippen molar-refractivity contribution >= 4 is 17.3 Å². The van der Waals surface area contributed by atoms with E-state index in [9.17, 15) is 9.59 Å². The van der Waals surface area contributed by atoms with Crippen LogP contribution in [-0.2, 0) is 4.79 Å². The maximum absolute atomic E-state index is 12.8. The van der Waals surface area contributed by atoms with Crippen LogP contribution in [-0.4, -0.2) is 11.7 Å². The molecule has 0 aromatic heterocycles. The first-order chi connectivity index (χ1) is 10.7. The maximum atomic E-state index is 12.8. The molecule has 3 nitrogen and oxygen atoms in total. The molecule has 1 aliphatic rings. The van der Waals surface area contributed by atoms with Crippen LogP contribution in [0.15, 0.2) is 78.5 Å². The monoisotopic (exact) mass is 289 g/mol. The Kier molecular flexibility index (Phi) is 3.71. The molecular formula is C19H15NO2. The van der Waals surface area contributed by atoms with Gasteiger partial charge in [0, 0.05) is 17.7 Å². The highest BCUT2D eigenvalue weighted by atomic mass is 16.2. The van der Waals surface area contributed by atoms with E-state index in [1.165, 1.54) is 0 Å². The summed E-state index contributed by atoms with van der Waals surface area (Å²) >= 11 is 0. The lowest BCUT2D eigenvalue weighted by molar-refractivity contribution is -0.116. The molecule has 108 valence electrons. The van der Waals surface area contributed by atoms with Crippen molar-refractivity contribution in [2.45, 2.75) is 6.42 Å². The van der Waals surface area contributed by atoms with Crippen molar-refractivity contribution in [3.05, 3.63) is 89.6 Å². The Balaban J connectivity index is 2.16. The van der Waals surface area contributed by atoms with Gasteiger partial charge in [-0.25, -0.2) is 0 Å². The first kappa shape index (κ1) is 14.0. The fraction of sp³-hybridized carbons (Fsp3) is 0.0526. The summed E-state index contributed by atoms with van der Waals surface area (Å²) in [5.41, 5.74) is 2.91. The molecule has 0 atom stereocenters. The molecule has 0 aliphatic carbocycles. The average Bonchev–Trinajstić information content (AvgIpc) is 2.55. The standard InChI is InChI=1S/C19H15NO2/c1-13-12-16(14-8-4-2-5-9-14)17(19(22)20-13)18(21)15-10-6-3-7-11-15/h2-11H,1,12H2,(H,20,22). The highest BCUT2D eigenvalue weighted by Crippen LogP contribution is 2.30. The summed E-state index contributed by atoms with van der Waals surface area (Å²) in [6.07, 6.45) is 0.462. The number of allylic oxidation sites excluding steroid dienone is 1. The summed E-state index contributed by atoms with van der Waals surface area (Å²) < 4.78 is 0. The minimum atomic E-state index is -0.385. The van der Waals surface area contributed by atoms with Crippen molar-refractivity contribution < 1.29 is 9.59 Å². The lowest BCUT2D eigenvalue weighted by atomic mass is 9.88. The first-order valence-electron chi connectivity index (χ1n) is 7.04. The van der Waals surface area contributed by atoms with E-state index in [-0.39, 0.29) is 17.3 Å². The highest BCUT2D eigenvalue weighted by molar-refractivity contribution is 6.31. The molecule has 0 bridgehead atoms. The molecule has 0 unspecified atom stereocenters. The number of nitrogens with one attached hydrogen (secondary N) is 1. The third-order valence-electron chi connectivity index (χ3n) is 3.59. The summed E-state index contributed by atoms with van der Waals surface area (Å²) in [4.78, 5) is 25.1. The Bertz CT molecular complexity index is 774. The molecule has 3 heteroatoms. The van der Waals surface area contributed by atoms with Gasteiger partial charge in [0.1, 0.15) is 0 Å². The normalized spacial score (nSPS) is 14.7. The van der Waals surface area contributed by atoms with Crippen molar-refractivity contribution in [2.75, 3.05) is 0 Å². The molecule has 0 radical (unpaired) electrons. The van der Waals surface area contributed by atoms with Gasteiger partial charge in [0.15, 0.2) is 5.78 Å². The zero-order valence-electron chi connectivity index (χ0n) is 12.0. The molecule has 0 saturated carbocycles. The fourth-order valence-corrected chi connectivity index (χ4v) is 2.57. The van der Waals surface area contributed by atoms with E-state index >= 15 is 0 Å². The largest absolute Gasteiger partial charge is 0.326 e. The van der Waals surface area contributed by atoms with E-state index in [1.807, 2.05) is 36.4 Å². The zero-order valence-corrected chi connectivity index (χ0v) is 12.0. The van der Waals surface area contributed by atoms with E-state index in [1.54, 1.807) is 24.3 Å².